The molecular formula is C12H24OS2. The molecule has 0 saturated carbocycles. The molecule has 0 aliphatic heterocycles. The first-order chi connectivity index (χ1) is 7.41. The minimum absolute atomic E-state index is 0.745. The highest BCUT2D eigenvalue weighted by Gasteiger charge is 1.92. The summed E-state index contributed by atoms with van der Waals surface area (Å²) in [5.41, 5.74) is 0. The van der Waals surface area contributed by atoms with Crippen LogP contribution in [0.3, 0.4) is 0 Å². The van der Waals surface area contributed by atoms with Gasteiger partial charge in [-0.2, -0.15) is 23.5 Å². The van der Waals surface area contributed by atoms with Gasteiger partial charge >= 0.3 is 0 Å². The van der Waals surface area contributed by atoms with Gasteiger partial charge in [0.2, 0.25) is 0 Å². The Bertz CT molecular complexity index is 129. The van der Waals surface area contributed by atoms with Crippen molar-refractivity contribution in [3.63, 3.8) is 0 Å². The number of carbonyl (C=O) groups excluding carboxylic acids is 1. The van der Waals surface area contributed by atoms with Gasteiger partial charge in [0.15, 0.2) is 0 Å². The summed E-state index contributed by atoms with van der Waals surface area (Å²) in [6.07, 6.45) is 8.17. The highest BCUT2D eigenvalue weighted by molar-refractivity contribution is 7.99. The summed E-state index contributed by atoms with van der Waals surface area (Å²) < 4.78 is 0. The van der Waals surface area contributed by atoms with Crippen LogP contribution in [-0.2, 0) is 4.79 Å². The minimum Gasteiger partial charge on any atom is -0.303 e. The summed E-state index contributed by atoms with van der Waals surface area (Å²) in [6, 6.07) is 0. The molecule has 0 amide bonds. The maximum absolute atomic E-state index is 10.1. The number of aldehydes is 1. The summed E-state index contributed by atoms with van der Waals surface area (Å²) >= 11 is 4.09. The van der Waals surface area contributed by atoms with Crippen molar-refractivity contribution in [2.24, 2.45) is 0 Å². The van der Waals surface area contributed by atoms with Crippen LogP contribution in [0.2, 0.25) is 0 Å². The first-order valence-corrected chi connectivity index (χ1v) is 8.32. The molecule has 0 spiro atoms. The molecule has 0 saturated heterocycles. The number of hydrogen-bond acceptors (Lipinski definition) is 3. The zero-order valence-corrected chi connectivity index (χ0v) is 11.5. The molecule has 0 radical (unpaired) electrons. The van der Waals surface area contributed by atoms with Crippen molar-refractivity contribution < 1.29 is 4.79 Å². The van der Waals surface area contributed by atoms with Crippen LogP contribution >= 0.6 is 23.5 Å². The Morgan fingerprint density at radius 2 is 1.47 bits per heavy atom. The van der Waals surface area contributed by atoms with E-state index >= 15 is 0 Å². The normalized spacial score (nSPS) is 10.5. The molecule has 0 fully saturated rings. The maximum atomic E-state index is 10.1. The van der Waals surface area contributed by atoms with Gasteiger partial charge in [0.05, 0.1) is 0 Å². The second-order valence-electron chi connectivity index (χ2n) is 3.53. The van der Waals surface area contributed by atoms with Crippen LogP contribution < -0.4 is 0 Å². The van der Waals surface area contributed by atoms with Gasteiger partial charge in [-0.25, -0.2) is 0 Å². The smallest absolute Gasteiger partial charge is 0.119 e. The molecule has 0 aromatic heterocycles. The Balaban J connectivity index is 2.83. The molecule has 3 heteroatoms. The third-order valence-corrected chi connectivity index (χ3v) is 4.28. The largest absolute Gasteiger partial charge is 0.303 e. The zero-order valence-electron chi connectivity index (χ0n) is 9.87. The molecule has 0 aromatic rings. The molecule has 0 aromatic carbocycles. The molecule has 0 heterocycles. The molecule has 0 rings (SSSR count). The van der Waals surface area contributed by atoms with Gasteiger partial charge in [-0.3, -0.25) is 0 Å². The van der Waals surface area contributed by atoms with E-state index in [1.165, 1.54) is 48.7 Å². The van der Waals surface area contributed by atoms with Gasteiger partial charge in [-0.1, -0.05) is 13.3 Å². The monoisotopic (exact) mass is 248 g/mol. The highest BCUT2D eigenvalue weighted by Crippen LogP contribution is 2.11. The Hall–Kier alpha value is 0.370. The number of unbranched alkanes of at least 4 members (excludes halogenated alkanes) is 4. The van der Waals surface area contributed by atoms with Crippen molar-refractivity contribution in [3.8, 4) is 0 Å². The molecule has 1 nitrogen and oxygen atoms in total. The Kier molecular flexibility index (Phi) is 14.7. The maximum Gasteiger partial charge on any atom is 0.119 e. The Morgan fingerprint density at radius 1 is 0.867 bits per heavy atom. The average molecular weight is 248 g/mol. The van der Waals surface area contributed by atoms with E-state index in [4.69, 9.17) is 0 Å². The number of rotatable bonds is 12. The highest BCUT2D eigenvalue weighted by atomic mass is 32.2. The molecule has 0 unspecified atom stereocenters. The van der Waals surface area contributed by atoms with E-state index in [9.17, 15) is 4.79 Å². The van der Waals surface area contributed by atoms with Crippen molar-refractivity contribution >= 4 is 29.8 Å². The quantitative estimate of drug-likeness (QED) is 0.384. The lowest BCUT2D eigenvalue weighted by atomic mass is 10.3. The summed E-state index contributed by atoms with van der Waals surface area (Å²) in [4.78, 5) is 10.1. The van der Waals surface area contributed by atoms with Crippen LogP contribution in [-0.4, -0.2) is 29.3 Å². The third kappa shape index (κ3) is 14.4. The molecule has 90 valence electrons. The van der Waals surface area contributed by atoms with Crippen LogP contribution in [0.4, 0.5) is 0 Å². The lowest BCUT2D eigenvalue weighted by Gasteiger charge is -2.01. The van der Waals surface area contributed by atoms with Crippen molar-refractivity contribution in [2.45, 2.75) is 45.4 Å². The van der Waals surface area contributed by atoms with Crippen LogP contribution in [0.15, 0.2) is 0 Å². The summed E-state index contributed by atoms with van der Waals surface area (Å²) in [5, 5.41) is 0. The van der Waals surface area contributed by atoms with Crippen LogP contribution in [0.1, 0.15) is 45.4 Å². The van der Waals surface area contributed by atoms with Gasteiger partial charge in [0, 0.05) is 6.42 Å². The van der Waals surface area contributed by atoms with Gasteiger partial charge in [0.1, 0.15) is 6.29 Å². The Labute approximate surface area is 103 Å². The molecule has 0 atom stereocenters. The lowest BCUT2D eigenvalue weighted by molar-refractivity contribution is -0.107. The van der Waals surface area contributed by atoms with E-state index in [1.807, 2.05) is 23.5 Å². The van der Waals surface area contributed by atoms with E-state index in [0.717, 1.165) is 19.1 Å². The van der Waals surface area contributed by atoms with Crippen LogP contribution in [0.5, 0.6) is 0 Å². The SMILES string of the molecule is CCSCCCCCSCCCCC=O. The van der Waals surface area contributed by atoms with Crippen molar-refractivity contribution in [3.05, 3.63) is 0 Å². The number of carbonyl (C=O) groups is 1. The summed E-state index contributed by atoms with van der Waals surface area (Å²) in [6.45, 7) is 2.22. The predicted molar refractivity (Wildman–Crippen MR) is 74.1 cm³/mol. The fourth-order valence-electron chi connectivity index (χ4n) is 1.26. The second kappa shape index (κ2) is 14.4. The molecule has 0 bridgehead atoms. The molecule has 0 aliphatic rings. The molecule has 15 heavy (non-hydrogen) atoms. The number of thioether (sulfide) groups is 2. The van der Waals surface area contributed by atoms with Crippen LogP contribution in [0, 0.1) is 0 Å². The van der Waals surface area contributed by atoms with E-state index in [0.29, 0.717) is 0 Å². The Morgan fingerprint density at radius 3 is 2.07 bits per heavy atom. The van der Waals surface area contributed by atoms with E-state index in [2.05, 4.69) is 6.92 Å². The summed E-state index contributed by atoms with van der Waals surface area (Å²) in [5.74, 6) is 5.13. The molecule has 0 aliphatic carbocycles. The molecule has 0 N–H and O–H groups in total. The zero-order chi connectivity index (χ0) is 11.2. The fourth-order valence-corrected chi connectivity index (χ4v) is 2.98. The first kappa shape index (κ1) is 15.4. The standard InChI is InChI=1S/C12H24OS2/c1-2-14-10-7-4-8-12-15-11-6-3-5-9-13/h9H,2-8,10-12H2,1H3. The third-order valence-electron chi connectivity index (χ3n) is 2.14. The van der Waals surface area contributed by atoms with Gasteiger partial charge in [-0.15, -0.1) is 0 Å². The van der Waals surface area contributed by atoms with E-state index < -0.39 is 0 Å². The fraction of sp³-hybridized carbons (Fsp3) is 0.917. The van der Waals surface area contributed by atoms with Gasteiger partial charge in [-0.05, 0) is 48.7 Å². The van der Waals surface area contributed by atoms with Crippen molar-refractivity contribution in [2.75, 3.05) is 23.0 Å². The van der Waals surface area contributed by atoms with E-state index in [-0.39, 0.29) is 0 Å². The average Bonchev–Trinajstić information content (AvgIpc) is 2.26. The van der Waals surface area contributed by atoms with Crippen molar-refractivity contribution in [1.82, 2.24) is 0 Å². The predicted octanol–water partition coefficient (Wildman–Crippen LogP) is 4.01. The van der Waals surface area contributed by atoms with Crippen LogP contribution in [0.25, 0.3) is 0 Å². The molecular weight excluding hydrogens is 224 g/mol. The topological polar surface area (TPSA) is 17.1 Å². The van der Waals surface area contributed by atoms with Gasteiger partial charge < -0.3 is 4.79 Å². The summed E-state index contributed by atoms with van der Waals surface area (Å²) in [7, 11) is 0. The van der Waals surface area contributed by atoms with E-state index in [1.54, 1.807) is 0 Å². The lowest BCUT2D eigenvalue weighted by Crippen LogP contribution is -1.87. The second-order valence-corrected chi connectivity index (χ2v) is 6.15. The van der Waals surface area contributed by atoms with Crippen molar-refractivity contribution in [1.29, 1.82) is 0 Å². The van der Waals surface area contributed by atoms with Gasteiger partial charge in [0.25, 0.3) is 0 Å². The minimum atomic E-state index is 0.745. The first-order valence-electron chi connectivity index (χ1n) is 6.01. The number of hydrogen-bond donors (Lipinski definition) is 0.